The summed E-state index contributed by atoms with van der Waals surface area (Å²) in [5.74, 6) is -0.00226. The summed E-state index contributed by atoms with van der Waals surface area (Å²) in [6, 6.07) is 5.78. The molecule has 2 rings (SSSR count). The zero-order valence-electron chi connectivity index (χ0n) is 11.5. The highest BCUT2D eigenvalue weighted by atomic mass is 79.9. The zero-order valence-corrected chi connectivity index (χ0v) is 14.6. The number of anilines is 1. The third-order valence-corrected chi connectivity index (χ3v) is 4.69. The molecule has 0 bridgehead atoms. The predicted octanol–water partition coefficient (Wildman–Crippen LogP) is 5.29. The van der Waals surface area contributed by atoms with Crippen molar-refractivity contribution >= 4 is 50.7 Å². The molecule has 1 aliphatic rings. The summed E-state index contributed by atoms with van der Waals surface area (Å²) in [6.07, 6.45) is 1.75. The Morgan fingerprint density at radius 3 is 2.60 bits per heavy atom. The van der Waals surface area contributed by atoms with Gasteiger partial charge in [-0.05, 0) is 48.1 Å². The molecule has 0 aliphatic heterocycles. The van der Waals surface area contributed by atoms with Gasteiger partial charge in [-0.1, -0.05) is 53.0 Å². The van der Waals surface area contributed by atoms with Gasteiger partial charge in [-0.3, -0.25) is 4.79 Å². The van der Waals surface area contributed by atoms with Crippen LogP contribution in [0.2, 0.25) is 0 Å². The number of allylic oxidation sites excluding steroid dienone is 1. The van der Waals surface area contributed by atoms with Crippen LogP contribution in [0.5, 0.6) is 0 Å². The predicted molar refractivity (Wildman–Crippen MR) is 88.1 cm³/mol. The molecule has 0 unspecified atom stereocenters. The number of carbonyl (C=O) groups excluding carboxylic acids is 1. The standard InChI is InChI=1S/C15H16BrCl2NO/c1-8-6-9(16)4-5-11(8)19-14(20)13-10(7-12(17)18)15(13,2)3/h4-7,10,13H,1-3H3,(H,19,20)/t10-,13-/m0/s1. The number of rotatable bonds is 3. The third kappa shape index (κ3) is 3.21. The van der Waals surface area contributed by atoms with Gasteiger partial charge in [0.05, 0.1) is 5.92 Å². The first-order chi connectivity index (χ1) is 9.23. The first-order valence-electron chi connectivity index (χ1n) is 6.33. The Bertz CT molecular complexity index is 579. The second-order valence-electron chi connectivity index (χ2n) is 5.73. The molecule has 1 saturated carbocycles. The minimum atomic E-state index is -0.109. The quantitative estimate of drug-likeness (QED) is 0.763. The first kappa shape index (κ1) is 15.9. The highest BCUT2D eigenvalue weighted by Gasteiger charge is 2.60. The molecule has 0 aromatic heterocycles. The smallest absolute Gasteiger partial charge is 0.228 e. The van der Waals surface area contributed by atoms with Crippen LogP contribution < -0.4 is 5.32 Å². The van der Waals surface area contributed by atoms with Crippen LogP contribution in [-0.4, -0.2) is 5.91 Å². The van der Waals surface area contributed by atoms with Gasteiger partial charge >= 0.3 is 0 Å². The highest BCUT2D eigenvalue weighted by molar-refractivity contribution is 9.10. The maximum absolute atomic E-state index is 12.4. The summed E-state index contributed by atoms with van der Waals surface area (Å²) >= 11 is 14.8. The van der Waals surface area contributed by atoms with Gasteiger partial charge in [-0.15, -0.1) is 0 Å². The first-order valence-corrected chi connectivity index (χ1v) is 7.88. The van der Waals surface area contributed by atoms with E-state index in [1.807, 2.05) is 39.0 Å². The Hall–Kier alpha value is -0.510. The van der Waals surface area contributed by atoms with Gasteiger partial charge in [0.1, 0.15) is 4.49 Å². The van der Waals surface area contributed by atoms with E-state index in [2.05, 4.69) is 21.2 Å². The van der Waals surface area contributed by atoms with Crippen molar-refractivity contribution in [3.8, 4) is 0 Å². The van der Waals surface area contributed by atoms with Crippen molar-refractivity contribution in [1.82, 2.24) is 0 Å². The number of halogens is 3. The summed E-state index contributed by atoms with van der Waals surface area (Å²) in [7, 11) is 0. The Kier molecular flexibility index (Phi) is 4.53. The fraction of sp³-hybridized carbons (Fsp3) is 0.400. The van der Waals surface area contributed by atoms with Gasteiger partial charge in [0.15, 0.2) is 0 Å². The summed E-state index contributed by atoms with van der Waals surface area (Å²) in [5.41, 5.74) is 1.75. The van der Waals surface area contributed by atoms with Gasteiger partial charge in [0, 0.05) is 10.2 Å². The van der Waals surface area contributed by atoms with E-state index in [4.69, 9.17) is 23.2 Å². The number of hydrogen-bond acceptors (Lipinski definition) is 1. The van der Waals surface area contributed by atoms with Crippen molar-refractivity contribution in [3.63, 3.8) is 0 Å². The minimum absolute atomic E-state index is 0.0104. The largest absolute Gasteiger partial charge is 0.326 e. The maximum Gasteiger partial charge on any atom is 0.228 e. The van der Waals surface area contributed by atoms with Gasteiger partial charge < -0.3 is 5.32 Å². The minimum Gasteiger partial charge on any atom is -0.326 e. The number of benzene rings is 1. The van der Waals surface area contributed by atoms with Crippen LogP contribution in [0.4, 0.5) is 5.69 Å². The molecule has 0 spiro atoms. The number of aryl methyl sites for hydroxylation is 1. The van der Waals surface area contributed by atoms with Crippen molar-refractivity contribution in [3.05, 3.63) is 38.8 Å². The maximum atomic E-state index is 12.4. The van der Waals surface area contributed by atoms with Gasteiger partial charge in [0.2, 0.25) is 5.91 Å². The van der Waals surface area contributed by atoms with E-state index >= 15 is 0 Å². The van der Waals surface area contributed by atoms with Crippen molar-refractivity contribution in [2.75, 3.05) is 5.32 Å². The van der Waals surface area contributed by atoms with E-state index < -0.39 is 0 Å². The van der Waals surface area contributed by atoms with Crippen LogP contribution in [0.25, 0.3) is 0 Å². The van der Waals surface area contributed by atoms with E-state index in [0.717, 1.165) is 15.7 Å². The van der Waals surface area contributed by atoms with Crippen LogP contribution >= 0.6 is 39.1 Å². The van der Waals surface area contributed by atoms with Crippen molar-refractivity contribution in [2.45, 2.75) is 20.8 Å². The van der Waals surface area contributed by atoms with Crippen LogP contribution in [0, 0.1) is 24.2 Å². The lowest BCUT2D eigenvalue weighted by molar-refractivity contribution is -0.118. The Labute approximate surface area is 137 Å². The van der Waals surface area contributed by atoms with Gasteiger partial charge in [-0.25, -0.2) is 0 Å². The van der Waals surface area contributed by atoms with Crippen molar-refractivity contribution in [1.29, 1.82) is 0 Å². The highest BCUT2D eigenvalue weighted by Crippen LogP contribution is 2.60. The summed E-state index contributed by atoms with van der Waals surface area (Å²) < 4.78 is 1.22. The molecule has 0 saturated heterocycles. The molecule has 2 atom stereocenters. The van der Waals surface area contributed by atoms with Crippen LogP contribution in [-0.2, 0) is 4.79 Å². The molecule has 1 N–H and O–H groups in total. The lowest BCUT2D eigenvalue weighted by atomic mass is 10.1. The Balaban J connectivity index is 2.12. The Morgan fingerprint density at radius 1 is 1.40 bits per heavy atom. The average molecular weight is 377 g/mol. The molecule has 2 nitrogen and oxygen atoms in total. The summed E-state index contributed by atoms with van der Waals surface area (Å²) in [6.45, 7) is 6.05. The molecule has 5 heteroatoms. The topological polar surface area (TPSA) is 29.1 Å². The van der Waals surface area contributed by atoms with Crippen LogP contribution in [0.3, 0.4) is 0 Å². The number of hydrogen-bond donors (Lipinski definition) is 1. The normalized spacial score (nSPS) is 23.1. The van der Waals surface area contributed by atoms with E-state index in [1.54, 1.807) is 6.08 Å². The third-order valence-electron chi connectivity index (χ3n) is 3.95. The molecule has 108 valence electrons. The van der Waals surface area contributed by atoms with Gasteiger partial charge in [-0.2, -0.15) is 0 Å². The fourth-order valence-electron chi connectivity index (χ4n) is 2.60. The lowest BCUT2D eigenvalue weighted by Crippen LogP contribution is -2.17. The molecule has 20 heavy (non-hydrogen) atoms. The molecular weight excluding hydrogens is 361 g/mol. The number of carbonyl (C=O) groups is 1. The molecule has 1 aromatic rings. The Morgan fingerprint density at radius 2 is 2.05 bits per heavy atom. The molecule has 1 aliphatic carbocycles. The summed E-state index contributed by atoms with van der Waals surface area (Å²) in [5, 5.41) is 2.98. The molecule has 1 aromatic carbocycles. The van der Waals surface area contributed by atoms with E-state index in [-0.39, 0.29) is 27.6 Å². The molecule has 1 amide bonds. The fourth-order valence-corrected chi connectivity index (χ4v) is 3.35. The number of nitrogens with one attached hydrogen (secondary N) is 1. The molecular formula is C15H16BrCl2NO. The lowest BCUT2D eigenvalue weighted by Gasteiger charge is -2.09. The second-order valence-corrected chi connectivity index (χ2v) is 7.65. The van der Waals surface area contributed by atoms with E-state index in [1.165, 1.54) is 0 Å². The second kappa shape index (κ2) is 5.70. The summed E-state index contributed by atoms with van der Waals surface area (Å²) in [4.78, 5) is 12.4. The van der Waals surface area contributed by atoms with Crippen molar-refractivity contribution < 1.29 is 4.79 Å². The molecule has 0 heterocycles. The average Bonchev–Trinajstić information content (AvgIpc) is 2.83. The van der Waals surface area contributed by atoms with Crippen molar-refractivity contribution in [2.24, 2.45) is 17.3 Å². The molecule has 0 radical (unpaired) electrons. The zero-order chi connectivity index (χ0) is 15.1. The molecule has 1 fully saturated rings. The van der Waals surface area contributed by atoms with E-state index in [0.29, 0.717) is 0 Å². The number of amides is 1. The van der Waals surface area contributed by atoms with Crippen LogP contribution in [0.1, 0.15) is 19.4 Å². The SMILES string of the molecule is Cc1cc(Br)ccc1NC(=O)[C@@H]1[C@H](C=C(Cl)Cl)C1(C)C. The van der Waals surface area contributed by atoms with Crippen LogP contribution in [0.15, 0.2) is 33.2 Å². The van der Waals surface area contributed by atoms with Gasteiger partial charge in [0.25, 0.3) is 0 Å². The van der Waals surface area contributed by atoms with E-state index in [9.17, 15) is 4.79 Å². The monoisotopic (exact) mass is 375 g/mol.